The van der Waals surface area contributed by atoms with Crippen molar-refractivity contribution in [2.45, 2.75) is 0 Å². The molecule has 108 valence electrons. The Bertz CT molecular complexity index is 783. The van der Waals surface area contributed by atoms with Gasteiger partial charge in [-0.15, -0.1) is 0 Å². The second-order valence-corrected chi connectivity index (χ2v) is 4.92. The molecule has 22 heavy (non-hydrogen) atoms. The molecule has 0 saturated carbocycles. The van der Waals surface area contributed by atoms with E-state index in [1.807, 2.05) is 48.5 Å². The number of rotatable bonds is 4. The van der Waals surface area contributed by atoms with E-state index < -0.39 is 0 Å². The number of anilines is 2. The molecule has 3 nitrogen and oxygen atoms in total. The lowest BCUT2D eigenvalue weighted by molar-refractivity contribution is 0.103. The van der Waals surface area contributed by atoms with Crippen molar-refractivity contribution in [2.75, 3.05) is 5.32 Å². The Morgan fingerprint density at radius 2 is 1.45 bits per heavy atom. The number of phenolic OH excluding ortho intramolecular Hbond substituents is 1. The molecule has 0 aromatic heterocycles. The molecule has 3 heteroatoms. The Morgan fingerprint density at radius 3 is 2.14 bits per heavy atom. The SMILES string of the molecule is O=C(c1ccccc1)c1ccc(O)cc1Nc1ccccc1. The van der Waals surface area contributed by atoms with Crippen molar-refractivity contribution in [3.05, 3.63) is 90.0 Å². The van der Waals surface area contributed by atoms with E-state index in [-0.39, 0.29) is 11.5 Å². The molecule has 0 unspecified atom stereocenters. The number of aromatic hydroxyl groups is 1. The first-order valence-corrected chi connectivity index (χ1v) is 6.99. The van der Waals surface area contributed by atoms with Crippen LogP contribution in [0.15, 0.2) is 78.9 Å². The van der Waals surface area contributed by atoms with Crippen molar-refractivity contribution in [2.24, 2.45) is 0 Å². The van der Waals surface area contributed by atoms with Gasteiger partial charge in [0, 0.05) is 22.9 Å². The maximum Gasteiger partial charge on any atom is 0.195 e. The first-order chi connectivity index (χ1) is 10.7. The van der Waals surface area contributed by atoms with Crippen LogP contribution in [0, 0.1) is 0 Å². The van der Waals surface area contributed by atoms with E-state index in [2.05, 4.69) is 5.32 Å². The van der Waals surface area contributed by atoms with Gasteiger partial charge < -0.3 is 10.4 Å². The average molecular weight is 289 g/mol. The fraction of sp³-hybridized carbons (Fsp3) is 0. The van der Waals surface area contributed by atoms with Gasteiger partial charge in [0.1, 0.15) is 5.75 Å². The third-order valence-electron chi connectivity index (χ3n) is 3.34. The van der Waals surface area contributed by atoms with Gasteiger partial charge in [-0.1, -0.05) is 48.5 Å². The topological polar surface area (TPSA) is 49.3 Å². The van der Waals surface area contributed by atoms with Crippen molar-refractivity contribution < 1.29 is 9.90 Å². The van der Waals surface area contributed by atoms with E-state index in [1.54, 1.807) is 24.3 Å². The van der Waals surface area contributed by atoms with Gasteiger partial charge in [0.15, 0.2) is 5.78 Å². The highest BCUT2D eigenvalue weighted by atomic mass is 16.3. The van der Waals surface area contributed by atoms with Crippen molar-refractivity contribution in [1.29, 1.82) is 0 Å². The molecule has 0 fully saturated rings. The first kappa shape index (κ1) is 13.9. The summed E-state index contributed by atoms with van der Waals surface area (Å²) in [5.41, 5.74) is 2.58. The number of benzene rings is 3. The minimum absolute atomic E-state index is 0.0842. The van der Waals surface area contributed by atoms with Crippen LogP contribution >= 0.6 is 0 Å². The standard InChI is InChI=1S/C19H15NO2/c21-16-11-12-17(19(22)14-7-3-1-4-8-14)18(13-16)20-15-9-5-2-6-10-15/h1-13,20-21H. The minimum atomic E-state index is -0.0842. The molecular weight excluding hydrogens is 274 g/mol. The highest BCUT2D eigenvalue weighted by Crippen LogP contribution is 2.27. The summed E-state index contributed by atoms with van der Waals surface area (Å²) in [6.07, 6.45) is 0. The number of hydrogen-bond acceptors (Lipinski definition) is 3. The molecule has 3 aromatic carbocycles. The summed E-state index contributed by atoms with van der Waals surface area (Å²) in [5, 5.41) is 12.9. The number of hydrogen-bond donors (Lipinski definition) is 2. The van der Waals surface area contributed by atoms with Gasteiger partial charge in [-0.3, -0.25) is 4.79 Å². The van der Waals surface area contributed by atoms with Crippen LogP contribution in [-0.2, 0) is 0 Å². The monoisotopic (exact) mass is 289 g/mol. The number of carbonyl (C=O) groups excluding carboxylic acids is 1. The Hall–Kier alpha value is -3.07. The first-order valence-electron chi connectivity index (χ1n) is 6.99. The smallest absolute Gasteiger partial charge is 0.195 e. The van der Waals surface area contributed by atoms with Crippen molar-refractivity contribution in [3.8, 4) is 5.75 Å². The Labute approximate surface area is 128 Å². The van der Waals surface area contributed by atoms with Crippen LogP contribution < -0.4 is 5.32 Å². The highest BCUT2D eigenvalue weighted by molar-refractivity contribution is 6.12. The minimum Gasteiger partial charge on any atom is -0.508 e. The summed E-state index contributed by atoms with van der Waals surface area (Å²) >= 11 is 0. The molecule has 0 heterocycles. The molecule has 0 spiro atoms. The number of para-hydroxylation sites is 1. The second-order valence-electron chi connectivity index (χ2n) is 4.92. The molecule has 0 bridgehead atoms. The van der Waals surface area contributed by atoms with Gasteiger partial charge in [0.05, 0.1) is 5.69 Å². The van der Waals surface area contributed by atoms with Gasteiger partial charge in [-0.2, -0.15) is 0 Å². The number of phenols is 1. The molecule has 0 aliphatic carbocycles. The molecular formula is C19H15NO2. The summed E-state index contributed by atoms with van der Waals surface area (Å²) in [5.74, 6) is 0.0297. The maximum atomic E-state index is 12.6. The lowest BCUT2D eigenvalue weighted by Gasteiger charge is -2.12. The van der Waals surface area contributed by atoms with Gasteiger partial charge in [-0.05, 0) is 24.3 Å². The van der Waals surface area contributed by atoms with Gasteiger partial charge in [0.25, 0.3) is 0 Å². The molecule has 0 aliphatic rings. The van der Waals surface area contributed by atoms with Crippen LogP contribution in [0.4, 0.5) is 11.4 Å². The number of carbonyl (C=O) groups is 1. The van der Waals surface area contributed by atoms with E-state index in [1.165, 1.54) is 6.07 Å². The van der Waals surface area contributed by atoms with E-state index >= 15 is 0 Å². The van der Waals surface area contributed by atoms with Crippen molar-refractivity contribution >= 4 is 17.2 Å². The summed E-state index contributed by atoms with van der Waals surface area (Å²) in [6.45, 7) is 0. The van der Waals surface area contributed by atoms with Crippen LogP contribution in [0.1, 0.15) is 15.9 Å². The van der Waals surface area contributed by atoms with E-state index in [9.17, 15) is 9.90 Å². The highest BCUT2D eigenvalue weighted by Gasteiger charge is 2.14. The van der Waals surface area contributed by atoms with E-state index in [4.69, 9.17) is 0 Å². The zero-order chi connectivity index (χ0) is 15.4. The Morgan fingerprint density at radius 1 is 0.818 bits per heavy atom. The molecule has 0 saturated heterocycles. The van der Waals surface area contributed by atoms with Crippen LogP contribution in [0.3, 0.4) is 0 Å². The summed E-state index contributed by atoms with van der Waals surface area (Å²) < 4.78 is 0. The quantitative estimate of drug-likeness (QED) is 0.701. The van der Waals surface area contributed by atoms with Gasteiger partial charge in [-0.25, -0.2) is 0 Å². The van der Waals surface area contributed by atoms with E-state index in [0.717, 1.165) is 5.69 Å². The van der Waals surface area contributed by atoms with Crippen molar-refractivity contribution in [3.63, 3.8) is 0 Å². The molecule has 0 aliphatic heterocycles. The third-order valence-corrected chi connectivity index (χ3v) is 3.34. The Kier molecular flexibility index (Phi) is 3.88. The predicted molar refractivity (Wildman–Crippen MR) is 87.7 cm³/mol. The van der Waals surface area contributed by atoms with Crippen LogP contribution in [0.2, 0.25) is 0 Å². The zero-order valence-electron chi connectivity index (χ0n) is 11.9. The predicted octanol–water partition coefficient (Wildman–Crippen LogP) is 4.37. The Balaban J connectivity index is 1.99. The fourth-order valence-corrected chi connectivity index (χ4v) is 2.26. The molecule has 3 aromatic rings. The fourth-order valence-electron chi connectivity index (χ4n) is 2.26. The van der Waals surface area contributed by atoms with Gasteiger partial charge >= 0.3 is 0 Å². The molecule has 0 amide bonds. The van der Waals surface area contributed by atoms with Crippen molar-refractivity contribution in [1.82, 2.24) is 0 Å². The third kappa shape index (κ3) is 2.99. The summed E-state index contributed by atoms with van der Waals surface area (Å²) in [4.78, 5) is 12.6. The largest absolute Gasteiger partial charge is 0.508 e. The second kappa shape index (κ2) is 6.14. The van der Waals surface area contributed by atoms with Crippen LogP contribution in [0.25, 0.3) is 0 Å². The molecule has 0 atom stereocenters. The van der Waals surface area contributed by atoms with Crippen LogP contribution in [0.5, 0.6) is 5.75 Å². The van der Waals surface area contributed by atoms with E-state index in [0.29, 0.717) is 16.8 Å². The normalized spacial score (nSPS) is 10.2. The summed E-state index contributed by atoms with van der Waals surface area (Å²) in [6, 6.07) is 23.3. The number of nitrogens with one attached hydrogen (secondary N) is 1. The molecule has 2 N–H and O–H groups in total. The van der Waals surface area contributed by atoms with Gasteiger partial charge in [0.2, 0.25) is 0 Å². The lowest BCUT2D eigenvalue weighted by Crippen LogP contribution is -2.05. The lowest BCUT2D eigenvalue weighted by atomic mass is 10.0. The molecule has 3 rings (SSSR count). The van der Waals surface area contributed by atoms with Crippen LogP contribution in [-0.4, -0.2) is 10.9 Å². The number of ketones is 1. The molecule has 0 radical (unpaired) electrons. The maximum absolute atomic E-state index is 12.6. The average Bonchev–Trinajstić information content (AvgIpc) is 2.56. The zero-order valence-corrected chi connectivity index (χ0v) is 11.9. The summed E-state index contributed by atoms with van der Waals surface area (Å²) in [7, 11) is 0.